The summed E-state index contributed by atoms with van der Waals surface area (Å²) in [5, 5.41) is 55.0. The molecule has 26 nitrogen and oxygen atoms in total. The highest BCUT2D eigenvalue weighted by Crippen LogP contribution is 2.57. The minimum atomic E-state index is -3.21. The third-order valence-corrected chi connectivity index (χ3v) is 13.6. The van der Waals surface area contributed by atoms with Crippen LogP contribution in [0.3, 0.4) is 0 Å². The Balaban J connectivity index is 1.63. The average molecular weight is 1120 g/mol. The Hall–Kier alpha value is -12.3. The van der Waals surface area contributed by atoms with Gasteiger partial charge in [-0.3, -0.25) is 54.4 Å². The van der Waals surface area contributed by atoms with Gasteiger partial charge in [0, 0.05) is 98.5 Å². The van der Waals surface area contributed by atoms with Gasteiger partial charge >= 0.3 is 0 Å². The van der Waals surface area contributed by atoms with Crippen molar-refractivity contribution in [2.24, 2.45) is 0 Å². The molecule has 0 radical (unpaired) electrons. The zero-order valence-electron chi connectivity index (χ0n) is 43.3. The molecular formula is C57H50N16O10. The smallest absolute Gasteiger partial charge is 0.292 e. The molecule has 0 spiro atoms. The van der Waals surface area contributed by atoms with Crippen molar-refractivity contribution in [3.8, 4) is 6.07 Å². The zero-order chi connectivity index (χ0) is 60.0. The first-order valence-corrected chi connectivity index (χ1v) is 24.6. The van der Waals surface area contributed by atoms with E-state index in [1.54, 1.807) is 0 Å². The predicted octanol–water partition coefficient (Wildman–Crippen LogP) is 7.44. The van der Waals surface area contributed by atoms with Gasteiger partial charge in [0.2, 0.25) is 17.7 Å². The van der Waals surface area contributed by atoms with Crippen molar-refractivity contribution < 1.29 is 33.9 Å². The number of benzene rings is 8. The van der Waals surface area contributed by atoms with Crippen LogP contribution in [-0.4, -0.2) is 38.4 Å². The number of hydrogen-bond donors (Lipinski definition) is 11. The normalized spacial score (nSPS) is 12.7. The Morgan fingerprint density at radius 1 is 0.482 bits per heavy atom. The molecule has 0 aliphatic rings. The quantitative estimate of drug-likeness (QED) is 0.0226. The maximum Gasteiger partial charge on any atom is 0.292 e. The summed E-state index contributed by atoms with van der Waals surface area (Å²) in [6.07, 6.45) is 0. The Bertz CT molecular complexity index is 3970. The Kier molecular flexibility index (Phi) is 16.0. The number of nitriles is 1. The molecule has 0 saturated heterocycles. The summed E-state index contributed by atoms with van der Waals surface area (Å²) in [5.74, 6) is -9.88. The van der Waals surface area contributed by atoms with E-state index in [-0.39, 0.29) is 79.1 Å². The fourth-order valence-corrected chi connectivity index (χ4v) is 9.95. The highest BCUT2D eigenvalue weighted by Gasteiger charge is 2.63. The molecule has 8 aromatic carbocycles. The van der Waals surface area contributed by atoms with Gasteiger partial charge in [-0.05, 0) is 114 Å². The molecule has 19 N–H and O–H groups in total. The third kappa shape index (κ3) is 11.5. The van der Waals surface area contributed by atoms with Crippen molar-refractivity contribution in [3.63, 3.8) is 0 Å². The number of non-ortho nitro benzene ring substituents is 2. The zero-order valence-corrected chi connectivity index (χ0v) is 43.3. The summed E-state index contributed by atoms with van der Waals surface area (Å²) in [7, 11) is 0. The van der Waals surface area contributed by atoms with Crippen LogP contribution < -0.4 is 66.7 Å². The molecule has 0 fully saturated rings. The van der Waals surface area contributed by atoms with Crippen LogP contribution in [-0.2, 0) is 24.6 Å². The molecule has 0 aromatic heterocycles. The second kappa shape index (κ2) is 23.4. The molecule has 4 amide bonds. The van der Waals surface area contributed by atoms with Crippen LogP contribution in [0.5, 0.6) is 0 Å². The van der Waals surface area contributed by atoms with Crippen LogP contribution in [0.25, 0.3) is 0 Å². The maximum atomic E-state index is 18.2. The second-order valence-electron chi connectivity index (χ2n) is 18.8. The number of para-hydroxylation sites is 2. The number of nitrogen functional groups attached to an aromatic ring is 8. The summed E-state index contributed by atoms with van der Waals surface area (Å²) in [6, 6.07) is 34.3. The van der Waals surface area contributed by atoms with Gasteiger partial charge in [0.05, 0.1) is 38.2 Å². The standard InChI is InChI=1S/C57H50N16O10/c58-29-30-8-14-35(15-9-30)67-55(76)52(42-22-12-33(61)26-46(42)65)70(37-16-18-38(19-17-37)71(78)79)56(77)57(43-23-13-34(62)27-47(43)66,50(40-20-10-31(59)24-44(40)63)53(74)68-36-4-3-5-39(28-36)72(80)81)51(41-21-11-32(60)25-45(41)64)54(75)69-48-6-1-2-7-49(48)73(82)83/h1-28,50-52H,59-66H2,(H,67,76)(H,68,74)(H,69,75). The van der Waals surface area contributed by atoms with Crippen molar-refractivity contribution in [1.29, 1.82) is 5.26 Å². The van der Waals surface area contributed by atoms with Gasteiger partial charge in [-0.25, -0.2) is 0 Å². The van der Waals surface area contributed by atoms with E-state index in [0.29, 0.717) is 0 Å². The van der Waals surface area contributed by atoms with Gasteiger partial charge in [-0.15, -0.1) is 0 Å². The van der Waals surface area contributed by atoms with Gasteiger partial charge in [0.15, 0.2) is 0 Å². The van der Waals surface area contributed by atoms with Crippen LogP contribution in [0.15, 0.2) is 170 Å². The molecule has 418 valence electrons. The van der Waals surface area contributed by atoms with Gasteiger partial charge in [0.25, 0.3) is 23.0 Å². The van der Waals surface area contributed by atoms with Crippen molar-refractivity contribution in [3.05, 3.63) is 228 Å². The van der Waals surface area contributed by atoms with Crippen LogP contribution in [0.2, 0.25) is 0 Å². The molecule has 0 bridgehead atoms. The molecule has 4 atom stereocenters. The second-order valence-corrected chi connectivity index (χ2v) is 18.8. The van der Waals surface area contributed by atoms with Crippen LogP contribution in [0, 0.1) is 41.7 Å². The minimum absolute atomic E-state index is 0.0154. The lowest BCUT2D eigenvalue weighted by Gasteiger charge is -2.48. The van der Waals surface area contributed by atoms with Crippen molar-refractivity contribution in [1.82, 2.24) is 0 Å². The molecule has 0 aliphatic carbocycles. The number of nitrogens with two attached hydrogens (primary N) is 8. The Labute approximate surface area is 470 Å². The summed E-state index contributed by atoms with van der Waals surface area (Å²) in [6.45, 7) is 0. The summed E-state index contributed by atoms with van der Waals surface area (Å²) >= 11 is 0. The van der Waals surface area contributed by atoms with Gasteiger partial charge < -0.3 is 61.8 Å². The van der Waals surface area contributed by atoms with Crippen LogP contribution >= 0.6 is 0 Å². The monoisotopic (exact) mass is 1120 g/mol. The first kappa shape index (κ1) is 56.9. The molecule has 26 heteroatoms. The van der Waals surface area contributed by atoms with Gasteiger partial charge in [0.1, 0.15) is 17.1 Å². The molecule has 0 saturated carbocycles. The first-order chi connectivity index (χ1) is 39.5. The summed E-state index contributed by atoms with van der Waals surface area (Å²) in [5.41, 5.74) is 45.0. The van der Waals surface area contributed by atoms with Crippen molar-refractivity contribution in [2.45, 2.75) is 23.3 Å². The number of rotatable bonds is 18. The average Bonchev–Trinajstić information content (AvgIpc) is 3.62. The Morgan fingerprint density at radius 2 is 0.976 bits per heavy atom. The Morgan fingerprint density at radius 3 is 1.48 bits per heavy atom. The number of carbonyl (C=O) groups excluding carboxylic acids is 4. The van der Waals surface area contributed by atoms with Crippen molar-refractivity contribution in [2.75, 3.05) is 66.7 Å². The number of nitro benzene ring substituents is 3. The van der Waals surface area contributed by atoms with Gasteiger partial charge in [-0.2, -0.15) is 5.26 Å². The number of amides is 4. The highest BCUT2D eigenvalue weighted by molar-refractivity contribution is 6.18. The summed E-state index contributed by atoms with van der Waals surface area (Å²) in [4.78, 5) is 103. The van der Waals surface area contributed by atoms with E-state index >= 15 is 19.2 Å². The lowest BCUT2D eigenvalue weighted by Crippen LogP contribution is -2.60. The number of hydrogen-bond acceptors (Lipinski definition) is 19. The molecule has 8 rings (SSSR count). The summed E-state index contributed by atoms with van der Waals surface area (Å²) < 4.78 is 0. The molecule has 83 heavy (non-hydrogen) atoms. The lowest BCUT2D eigenvalue weighted by atomic mass is 9.56. The first-order valence-electron chi connectivity index (χ1n) is 24.6. The number of anilines is 12. The van der Waals surface area contributed by atoms with E-state index in [0.717, 1.165) is 47.4 Å². The van der Waals surface area contributed by atoms with E-state index in [2.05, 4.69) is 16.0 Å². The third-order valence-electron chi connectivity index (χ3n) is 13.6. The topological polar surface area (TPSA) is 469 Å². The van der Waals surface area contributed by atoms with E-state index in [1.165, 1.54) is 127 Å². The fourth-order valence-electron chi connectivity index (χ4n) is 9.95. The van der Waals surface area contributed by atoms with Crippen LogP contribution in [0.4, 0.5) is 85.3 Å². The highest BCUT2D eigenvalue weighted by atomic mass is 16.6. The number of carbonyl (C=O) groups is 4. The van der Waals surface area contributed by atoms with Crippen LogP contribution in [0.1, 0.15) is 45.7 Å². The number of nitro groups is 3. The molecule has 4 unspecified atom stereocenters. The van der Waals surface area contributed by atoms with E-state index in [1.807, 2.05) is 6.07 Å². The number of nitrogens with one attached hydrogen (secondary N) is 3. The lowest BCUT2D eigenvalue weighted by molar-refractivity contribution is -0.385. The maximum absolute atomic E-state index is 18.2. The largest absolute Gasteiger partial charge is 0.399 e. The van der Waals surface area contributed by atoms with E-state index in [4.69, 9.17) is 45.9 Å². The number of nitrogens with zero attached hydrogens (tertiary/aromatic N) is 5. The molecule has 0 heterocycles. The molecular weight excluding hydrogens is 1070 g/mol. The van der Waals surface area contributed by atoms with E-state index in [9.17, 15) is 35.6 Å². The van der Waals surface area contributed by atoms with Crippen molar-refractivity contribution >= 4 is 109 Å². The van der Waals surface area contributed by atoms with Gasteiger partial charge in [-0.1, -0.05) is 42.5 Å². The fraction of sp³-hybridized carbons (Fsp3) is 0.0702. The SMILES string of the molecule is N#Cc1ccc(NC(=O)C(c2ccc(N)cc2N)N(C(=O)C(c2ccc(N)cc2N)(C(C(=O)Nc2cccc([N+](=O)[O-])c2)c2ccc(N)cc2N)C(C(=O)Nc2ccccc2[N+](=O)[O-])c2ccc(N)cc2N)c2ccc([N+](=O)[O-])cc2)cc1. The molecule has 0 aliphatic heterocycles. The molecule has 8 aromatic rings. The predicted molar refractivity (Wildman–Crippen MR) is 315 cm³/mol. The van der Waals surface area contributed by atoms with E-state index < -0.39 is 95.7 Å². The minimum Gasteiger partial charge on any atom is -0.399 e.